The predicted octanol–water partition coefficient (Wildman–Crippen LogP) is 3.37. The molecule has 0 atom stereocenters. The highest BCUT2D eigenvalue weighted by Crippen LogP contribution is 2.31. The van der Waals surface area contributed by atoms with Gasteiger partial charge in [0.1, 0.15) is 0 Å². The molecule has 0 unspecified atom stereocenters. The van der Waals surface area contributed by atoms with Crippen LogP contribution in [0.15, 0.2) is 46.0 Å². The summed E-state index contributed by atoms with van der Waals surface area (Å²) in [7, 11) is -3.57. The van der Waals surface area contributed by atoms with Gasteiger partial charge in [-0.2, -0.15) is 10.0 Å². The number of hydrogen-bond acceptors (Lipinski definition) is 6. The molecule has 0 saturated carbocycles. The van der Waals surface area contributed by atoms with Crippen LogP contribution in [0.1, 0.15) is 17.0 Å². The van der Waals surface area contributed by atoms with Crippen molar-refractivity contribution in [2.45, 2.75) is 13.8 Å². The molecular weight excluding hydrogens is 446 g/mol. The van der Waals surface area contributed by atoms with E-state index in [2.05, 4.69) is 10.1 Å². The molecule has 0 saturated heterocycles. The van der Waals surface area contributed by atoms with E-state index in [1.807, 2.05) is 42.7 Å². The van der Waals surface area contributed by atoms with Crippen molar-refractivity contribution >= 4 is 60.6 Å². The number of aliphatic imine (C=N–C) groups is 1. The van der Waals surface area contributed by atoms with E-state index in [1.165, 1.54) is 0 Å². The van der Waals surface area contributed by atoms with Crippen LogP contribution in [0.25, 0.3) is 11.8 Å². The lowest BCUT2D eigenvalue weighted by molar-refractivity contribution is -0.114. The van der Waals surface area contributed by atoms with Crippen LogP contribution in [0.5, 0.6) is 0 Å². The second-order valence-corrected chi connectivity index (χ2v) is 10.4. The number of hydrogen-bond donors (Lipinski definition) is 1. The summed E-state index contributed by atoms with van der Waals surface area (Å²) in [5.74, 6) is -0.833. The minimum atomic E-state index is -3.57. The quantitative estimate of drug-likeness (QED) is 0.690. The summed E-state index contributed by atoms with van der Waals surface area (Å²) < 4.78 is 25.3. The van der Waals surface area contributed by atoms with E-state index < -0.39 is 15.7 Å². The zero-order chi connectivity index (χ0) is 21.8. The number of carbonyl (C=O) groups excluding carboxylic acids is 1. The van der Waals surface area contributed by atoms with Gasteiger partial charge in [-0.05, 0) is 61.5 Å². The maximum Gasteiger partial charge on any atom is 0.283 e. The molecule has 3 heterocycles. The van der Waals surface area contributed by atoms with Gasteiger partial charge in [0.2, 0.25) is 19.4 Å². The zero-order valence-electron chi connectivity index (χ0n) is 16.2. The Hall–Kier alpha value is -2.69. The number of carbonyl (C=O) groups is 1. The largest absolute Gasteiger partial charge is 0.318 e. The predicted molar refractivity (Wildman–Crippen MR) is 120 cm³/mol. The summed E-state index contributed by atoms with van der Waals surface area (Å²) in [5, 5.41) is 14.1. The molecule has 1 aromatic carbocycles. The first-order chi connectivity index (χ1) is 14.1. The Morgan fingerprint density at radius 3 is 2.63 bits per heavy atom. The molecule has 0 fully saturated rings. The summed E-state index contributed by atoms with van der Waals surface area (Å²) >= 11 is 6.88. The monoisotopic (exact) mass is 461 g/mol. The number of rotatable bonds is 2. The van der Waals surface area contributed by atoms with E-state index in [1.54, 1.807) is 12.1 Å². The molecule has 154 valence electrons. The first-order valence-electron chi connectivity index (χ1n) is 8.71. The van der Waals surface area contributed by atoms with Gasteiger partial charge in [0.15, 0.2) is 5.84 Å². The van der Waals surface area contributed by atoms with Crippen molar-refractivity contribution in [1.82, 2.24) is 9.58 Å². The highest BCUT2D eigenvalue weighted by Gasteiger charge is 2.38. The molecule has 2 aliphatic rings. The number of thioether (sulfide) groups is 1. The number of nitrogens with zero attached hydrogens (tertiary/aromatic N) is 4. The number of sulfone groups is 1. The van der Waals surface area contributed by atoms with Crippen molar-refractivity contribution in [1.29, 1.82) is 5.41 Å². The first kappa shape index (κ1) is 20.6. The molecule has 0 spiro atoms. The Labute approximate surface area is 182 Å². The highest BCUT2D eigenvalue weighted by atomic mass is 35.5. The van der Waals surface area contributed by atoms with Gasteiger partial charge in [-0.15, -0.1) is 5.10 Å². The maximum absolute atomic E-state index is 12.6. The molecule has 1 N–H and O–H groups in total. The highest BCUT2D eigenvalue weighted by molar-refractivity contribution is 8.42. The molecule has 30 heavy (non-hydrogen) atoms. The van der Waals surface area contributed by atoms with Gasteiger partial charge in [0.25, 0.3) is 5.91 Å². The van der Waals surface area contributed by atoms with Crippen molar-refractivity contribution < 1.29 is 13.2 Å². The van der Waals surface area contributed by atoms with Crippen LogP contribution in [0.4, 0.5) is 0 Å². The molecule has 0 aliphatic carbocycles. The van der Waals surface area contributed by atoms with Crippen molar-refractivity contribution in [2.75, 3.05) is 6.26 Å². The van der Waals surface area contributed by atoms with E-state index in [9.17, 15) is 13.2 Å². The number of benzene rings is 1. The first-order valence-corrected chi connectivity index (χ1v) is 11.8. The number of hydrazone groups is 1. The van der Waals surface area contributed by atoms with Gasteiger partial charge in [-0.25, -0.2) is 8.42 Å². The second-order valence-electron chi connectivity index (χ2n) is 6.80. The Balaban J connectivity index is 1.76. The Morgan fingerprint density at radius 1 is 1.23 bits per heavy atom. The summed E-state index contributed by atoms with van der Waals surface area (Å²) in [6.07, 6.45) is 2.59. The van der Waals surface area contributed by atoms with Crippen LogP contribution in [0, 0.1) is 19.3 Å². The van der Waals surface area contributed by atoms with Crippen molar-refractivity contribution in [2.24, 2.45) is 10.1 Å². The number of halogens is 1. The average molecular weight is 462 g/mol. The number of aryl methyl sites for hydroxylation is 1. The molecule has 2 aromatic rings. The topological polar surface area (TPSA) is 108 Å². The molecule has 1 aromatic heterocycles. The Bertz CT molecular complexity index is 1320. The molecular formula is C19H16ClN5O3S2. The molecule has 2 aliphatic heterocycles. The van der Waals surface area contributed by atoms with Crippen molar-refractivity contribution in [3.05, 3.63) is 57.9 Å². The average Bonchev–Trinajstić information content (AvgIpc) is 3.20. The number of aromatic nitrogens is 1. The summed E-state index contributed by atoms with van der Waals surface area (Å²) in [5.41, 5.74) is 3.43. The number of fused-ring (bicyclic) bond motifs is 1. The molecule has 1 amide bonds. The SMILES string of the molecule is Cc1cc(/C=C2\C(=N)N3N=C(S(C)(=O)=O)SC3=NC2=O)c(C)n1-c1cccc(Cl)c1. The minimum absolute atomic E-state index is 0.0317. The fourth-order valence-electron chi connectivity index (χ4n) is 3.23. The van der Waals surface area contributed by atoms with Gasteiger partial charge in [0, 0.05) is 28.4 Å². The third-order valence-corrected chi connectivity index (χ3v) is 7.40. The lowest BCUT2D eigenvalue weighted by Crippen LogP contribution is -2.35. The van der Waals surface area contributed by atoms with Crippen molar-refractivity contribution in [3.63, 3.8) is 0 Å². The minimum Gasteiger partial charge on any atom is -0.318 e. The van der Waals surface area contributed by atoms with Crippen LogP contribution >= 0.6 is 23.4 Å². The molecule has 11 heteroatoms. The van der Waals surface area contributed by atoms with Crippen LogP contribution in [-0.4, -0.2) is 45.5 Å². The van der Waals surface area contributed by atoms with E-state index in [4.69, 9.17) is 17.0 Å². The summed E-state index contributed by atoms with van der Waals surface area (Å²) in [4.78, 5) is 16.5. The van der Waals surface area contributed by atoms with Gasteiger partial charge in [0.05, 0.1) is 5.57 Å². The molecule has 0 bridgehead atoms. The molecule has 0 radical (unpaired) electrons. The van der Waals surface area contributed by atoms with E-state index in [0.717, 1.165) is 45.7 Å². The van der Waals surface area contributed by atoms with Crippen molar-refractivity contribution in [3.8, 4) is 5.69 Å². The maximum atomic E-state index is 12.6. The molecule has 4 rings (SSSR count). The summed E-state index contributed by atoms with van der Waals surface area (Å²) in [6.45, 7) is 3.83. The fourth-order valence-corrected chi connectivity index (χ4v) is 5.10. The Morgan fingerprint density at radius 2 is 1.97 bits per heavy atom. The normalized spacial score (nSPS) is 18.0. The zero-order valence-corrected chi connectivity index (χ0v) is 18.6. The third-order valence-electron chi connectivity index (χ3n) is 4.59. The van der Waals surface area contributed by atoms with Crippen LogP contribution in [0.2, 0.25) is 5.02 Å². The van der Waals surface area contributed by atoms with Crippen LogP contribution in [-0.2, 0) is 14.6 Å². The van der Waals surface area contributed by atoms with E-state index in [-0.39, 0.29) is 21.0 Å². The van der Waals surface area contributed by atoms with Gasteiger partial charge < -0.3 is 4.57 Å². The van der Waals surface area contributed by atoms with Gasteiger partial charge in [-0.3, -0.25) is 10.2 Å². The lowest BCUT2D eigenvalue weighted by Gasteiger charge is -2.20. The number of amides is 1. The van der Waals surface area contributed by atoms with E-state index in [0.29, 0.717) is 5.02 Å². The fraction of sp³-hybridized carbons (Fsp3) is 0.158. The smallest absolute Gasteiger partial charge is 0.283 e. The third kappa shape index (κ3) is 3.51. The Kier molecular flexibility index (Phi) is 4.95. The summed E-state index contributed by atoms with van der Waals surface area (Å²) in [6, 6.07) is 9.31. The van der Waals surface area contributed by atoms with Gasteiger partial charge in [-0.1, -0.05) is 17.7 Å². The number of amidine groups is 2. The number of nitrogens with one attached hydrogen (secondary N) is 1. The van der Waals surface area contributed by atoms with Gasteiger partial charge >= 0.3 is 0 Å². The lowest BCUT2D eigenvalue weighted by atomic mass is 10.1. The van der Waals surface area contributed by atoms with Crippen LogP contribution < -0.4 is 0 Å². The second kappa shape index (κ2) is 7.22. The molecule has 8 nitrogen and oxygen atoms in total. The van der Waals surface area contributed by atoms with E-state index >= 15 is 0 Å². The van der Waals surface area contributed by atoms with Crippen LogP contribution in [0.3, 0.4) is 0 Å². The standard InChI is InChI=1S/C19H16ClN5O3S2/c1-10-7-12(11(2)24(10)14-6-4-5-13(20)9-14)8-15-16(21)25-18(22-17(15)26)29-19(23-25)30(3,27)28/h4-9,21H,1-3H3/b15-8+,21-16?.